The topological polar surface area (TPSA) is 48.3 Å². The number of aromatic nitrogens is 2. The van der Waals surface area contributed by atoms with Gasteiger partial charge in [0.1, 0.15) is 18.1 Å². The van der Waals surface area contributed by atoms with Gasteiger partial charge in [0, 0.05) is 36.0 Å². The van der Waals surface area contributed by atoms with Crippen molar-refractivity contribution in [1.82, 2.24) is 15.1 Å². The third kappa shape index (κ3) is 3.76. The van der Waals surface area contributed by atoms with Gasteiger partial charge in [0.25, 0.3) is 0 Å². The summed E-state index contributed by atoms with van der Waals surface area (Å²) in [4.78, 5) is 0. The number of hydrogen-bond donors (Lipinski definition) is 1. The molecule has 0 amide bonds. The molecule has 0 radical (unpaired) electrons. The predicted molar refractivity (Wildman–Crippen MR) is 82.7 cm³/mol. The maximum Gasteiger partial charge on any atom is 0.128 e. The van der Waals surface area contributed by atoms with E-state index in [4.69, 9.17) is 9.47 Å². The maximum atomic E-state index is 5.97. The summed E-state index contributed by atoms with van der Waals surface area (Å²) in [6, 6.07) is 6.12. The van der Waals surface area contributed by atoms with Crippen LogP contribution in [0.4, 0.5) is 0 Å². The predicted octanol–water partition coefficient (Wildman–Crippen LogP) is 2.77. The fraction of sp³-hybridized carbons (Fsp3) is 0.438. The zero-order valence-electron chi connectivity index (χ0n) is 13.1. The van der Waals surface area contributed by atoms with Crippen LogP contribution < -0.4 is 14.8 Å². The quantitative estimate of drug-likeness (QED) is 0.851. The van der Waals surface area contributed by atoms with Gasteiger partial charge in [0.2, 0.25) is 0 Å². The van der Waals surface area contributed by atoms with Gasteiger partial charge in [0.15, 0.2) is 0 Å². The van der Waals surface area contributed by atoms with E-state index in [1.54, 1.807) is 7.11 Å². The minimum atomic E-state index is 0.212. The van der Waals surface area contributed by atoms with Gasteiger partial charge in [-0.15, -0.1) is 0 Å². The summed E-state index contributed by atoms with van der Waals surface area (Å²) in [5, 5.41) is 7.49. The second kappa shape index (κ2) is 7.13. The lowest BCUT2D eigenvalue weighted by Crippen LogP contribution is -2.13. The molecule has 0 aliphatic heterocycles. The van der Waals surface area contributed by atoms with E-state index in [1.807, 2.05) is 42.3 Å². The molecule has 5 heteroatoms. The van der Waals surface area contributed by atoms with Gasteiger partial charge >= 0.3 is 0 Å². The number of methoxy groups -OCH3 is 1. The molecule has 0 fully saturated rings. The number of aryl methyl sites for hydroxylation is 1. The van der Waals surface area contributed by atoms with Gasteiger partial charge in [0.05, 0.1) is 13.3 Å². The zero-order chi connectivity index (χ0) is 15.2. The fourth-order valence-electron chi connectivity index (χ4n) is 2.09. The molecule has 0 saturated carbocycles. The molecule has 5 nitrogen and oxygen atoms in total. The van der Waals surface area contributed by atoms with Gasteiger partial charge < -0.3 is 14.8 Å². The smallest absolute Gasteiger partial charge is 0.128 e. The summed E-state index contributed by atoms with van der Waals surface area (Å²) in [7, 11) is 3.59. The molecule has 0 aliphatic rings. The molecule has 1 unspecified atom stereocenters. The number of hydrogen-bond acceptors (Lipinski definition) is 4. The molecule has 1 N–H and O–H groups in total. The van der Waals surface area contributed by atoms with Crippen molar-refractivity contribution in [3.05, 3.63) is 41.7 Å². The molecular formula is C16H23N3O2. The minimum Gasteiger partial charge on any atom is -0.497 e. The van der Waals surface area contributed by atoms with Crippen LogP contribution in [0.1, 0.15) is 31.0 Å². The van der Waals surface area contributed by atoms with E-state index in [9.17, 15) is 0 Å². The van der Waals surface area contributed by atoms with Crippen LogP contribution in [0.2, 0.25) is 0 Å². The van der Waals surface area contributed by atoms with Crippen molar-refractivity contribution < 1.29 is 9.47 Å². The molecule has 0 spiro atoms. The average Bonchev–Trinajstić information content (AvgIpc) is 3.00. The standard InChI is InChI=1S/C16H23N3O2/c1-5-19-10-13(9-18-19)11-21-16-8-14(20-4)6-7-15(16)12(2)17-3/h6-10,12,17H,5,11H2,1-4H3. The zero-order valence-corrected chi connectivity index (χ0v) is 13.1. The Balaban J connectivity index is 2.16. The first kappa shape index (κ1) is 15.4. The van der Waals surface area contributed by atoms with Gasteiger partial charge in [-0.05, 0) is 27.0 Å². The van der Waals surface area contributed by atoms with E-state index in [1.165, 1.54) is 0 Å². The number of ether oxygens (including phenoxy) is 2. The molecule has 2 aromatic rings. The van der Waals surface area contributed by atoms with Crippen molar-refractivity contribution in [1.29, 1.82) is 0 Å². The van der Waals surface area contributed by atoms with Gasteiger partial charge in [-0.2, -0.15) is 5.10 Å². The Morgan fingerprint density at radius 2 is 2.19 bits per heavy atom. The summed E-state index contributed by atoms with van der Waals surface area (Å²) in [6.45, 7) is 5.52. The monoisotopic (exact) mass is 289 g/mol. The van der Waals surface area contributed by atoms with E-state index >= 15 is 0 Å². The van der Waals surface area contributed by atoms with Crippen molar-refractivity contribution in [3.63, 3.8) is 0 Å². The summed E-state index contributed by atoms with van der Waals surface area (Å²) in [6.07, 6.45) is 3.84. The summed E-state index contributed by atoms with van der Waals surface area (Å²) >= 11 is 0. The van der Waals surface area contributed by atoms with Crippen LogP contribution in [-0.2, 0) is 13.2 Å². The lowest BCUT2D eigenvalue weighted by Gasteiger charge is -2.17. The van der Waals surface area contributed by atoms with Crippen LogP contribution in [0.25, 0.3) is 0 Å². The molecule has 2 rings (SSSR count). The van der Waals surface area contributed by atoms with Crippen LogP contribution in [0.5, 0.6) is 11.5 Å². The Morgan fingerprint density at radius 1 is 1.38 bits per heavy atom. The second-order valence-electron chi connectivity index (χ2n) is 4.91. The highest BCUT2D eigenvalue weighted by molar-refractivity contribution is 5.42. The van der Waals surface area contributed by atoms with Gasteiger partial charge in [-0.3, -0.25) is 4.68 Å². The van der Waals surface area contributed by atoms with E-state index in [0.29, 0.717) is 6.61 Å². The molecule has 1 aromatic carbocycles. The normalized spacial score (nSPS) is 12.2. The van der Waals surface area contributed by atoms with Crippen LogP contribution in [-0.4, -0.2) is 23.9 Å². The SMILES string of the molecule is CCn1cc(COc2cc(OC)ccc2C(C)NC)cn1. The van der Waals surface area contributed by atoms with Gasteiger partial charge in [-0.1, -0.05) is 6.07 Å². The first-order valence-corrected chi connectivity index (χ1v) is 7.17. The van der Waals surface area contributed by atoms with E-state index in [0.717, 1.165) is 29.2 Å². The lowest BCUT2D eigenvalue weighted by atomic mass is 10.1. The van der Waals surface area contributed by atoms with Gasteiger partial charge in [-0.25, -0.2) is 0 Å². The molecule has 1 heterocycles. The van der Waals surface area contributed by atoms with Crippen molar-refractivity contribution in [3.8, 4) is 11.5 Å². The first-order valence-electron chi connectivity index (χ1n) is 7.17. The average molecular weight is 289 g/mol. The highest BCUT2D eigenvalue weighted by atomic mass is 16.5. The van der Waals surface area contributed by atoms with Crippen LogP contribution in [0.3, 0.4) is 0 Å². The Kier molecular flexibility index (Phi) is 5.22. The first-order chi connectivity index (χ1) is 10.2. The molecule has 0 bridgehead atoms. The van der Waals surface area contributed by atoms with Crippen molar-refractivity contribution >= 4 is 0 Å². The number of nitrogens with one attached hydrogen (secondary N) is 1. The Hall–Kier alpha value is -2.01. The minimum absolute atomic E-state index is 0.212. The highest BCUT2D eigenvalue weighted by Crippen LogP contribution is 2.30. The molecule has 0 aliphatic carbocycles. The maximum absolute atomic E-state index is 5.97. The summed E-state index contributed by atoms with van der Waals surface area (Å²) in [5.41, 5.74) is 2.17. The lowest BCUT2D eigenvalue weighted by molar-refractivity contribution is 0.297. The second-order valence-corrected chi connectivity index (χ2v) is 4.91. The largest absolute Gasteiger partial charge is 0.497 e. The Morgan fingerprint density at radius 3 is 2.81 bits per heavy atom. The highest BCUT2D eigenvalue weighted by Gasteiger charge is 2.12. The number of nitrogens with zero attached hydrogens (tertiary/aromatic N) is 2. The van der Waals surface area contributed by atoms with E-state index in [2.05, 4.69) is 24.3 Å². The molecule has 1 atom stereocenters. The van der Waals surface area contributed by atoms with Crippen molar-refractivity contribution in [2.45, 2.75) is 33.0 Å². The van der Waals surface area contributed by atoms with E-state index in [-0.39, 0.29) is 6.04 Å². The van der Waals surface area contributed by atoms with Crippen LogP contribution in [0.15, 0.2) is 30.6 Å². The molecule has 114 valence electrons. The van der Waals surface area contributed by atoms with Crippen LogP contribution in [0, 0.1) is 0 Å². The molecular weight excluding hydrogens is 266 g/mol. The molecule has 0 saturated heterocycles. The van der Waals surface area contributed by atoms with E-state index < -0.39 is 0 Å². The summed E-state index contributed by atoms with van der Waals surface area (Å²) < 4.78 is 13.1. The Labute approximate surface area is 125 Å². The third-order valence-electron chi connectivity index (χ3n) is 3.53. The van der Waals surface area contributed by atoms with Crippen LogP contribution >= 0.6 is 0 Å². The molecule has 1 aromatic heterocycles. The third-order valence-corrected chi connectivity index (χ3v) is 3.53. The molecule has 21 heavy (non-hydrogen) atoms. The number of rotatable bonds is 7. The fourth-order valence-corrected chi connectivity index (χ4v) is 2.09. The van der Waals surface area contributed by atoms with Crippen molar-refractivity contribution in [2.75, 3.05) is 14.2 Å². The summed E-state index contributed by atoms with van der Waals surface area (Å²) in [5.74, 6) is 1.63. The number of benzene rings is 1. The van der Waals surface area contributed by atoms with Crippen molar-refractivity contribution in [2.24, 2.45) is 0 Å². The Bertz CT molecular complexity index is 581.